The van der Waals surface area contributed by atoms with Gasteiger partial charge in [0.2, 0.25) is 0 Å². The van der Waals surface area contributed by atoms with Gasteiger partial charge in [0.25, 0.3) is 0 Å². The van der Waals surface area contributed by atoms with Crippen molar-refractivity contribution >= 4 is 22.5 Å². The first kappa shape index (κ1) is 15.9. The molecule has 0 atom stereocenters. The highest BCUT2D eigenvalue weighted by Crippen LogP contribution is 2.42. The van der Waals surface area contributed by atoms with Gasteiger partial charge in [0, 0.05) is 18.6 Å². The number of nitrogens with one attached hydrogen (secondary N) is 1. The highest BCUT2D eigenvalue weighted by Gasteiger charge is 2.40. The molecule has 0 saturated heterocycles. The van der Waals surface area contributed by atoms with E-state index in [0.717, 1.165) is 31.2 Å². The fraction of sp³-hybridized carbons (Fsp3) is 0.412. The highest BCUT2D eigenvalue weighted by atomic mass is 32.1. The molecule has 0 radical (unpaired) electrons. The predicted octanol–water partition coefficient (Wildman–Crippen LogP) is 4.61. The number of rotatable bonds is 3. The number of nitrogens with zero attached hydrogens (tertiary/aromatic N) is 2. The van der Waals surface area contributed by atoms with E-state index >= 15 is 0 Å². The molecule has 1 aliphatic rings. The summed E-state index contributed by atoms with van der Waals surface area (Å²) in [6.45, 7) is 0. The molecule has 0 aliphatic heterocycles. The fourth-order valence-electron chi connectivity index (χ4n) is 3.37. The van der Waals surface area contributed by atoms with E-state index in [2.05, 4.69) is 10.3 Å². The van der Waals surface area contributed by atoms with Gasteiger partial charge in [-0.2, -0.15) is 0 Å². The Morgan fingerprint density at radius 3 is 2.57 bits per heavy atom. The molecule has 6 heteroatoms. The summed E-state index contributed by atoms with van der Waals surface area (Å²) in [6, 6.07) is 6.37. The molecule has 4 nitrogen and oxygen atoms in total. The van der Waals surface area contributed by atoms with Gasteiger partial charge in [0.1, 0.15) is 5.82 Å². The number of thiazole rings is 1. The molecular formula is C17H20FN3OS. The van der Waals surface area contributed by atoms with Crippen molar-refractivity contribution in [3.05, 3.63) is 47.2 Å². The number of urea groups is 1. The van der Waals surface area contributed by atoms with Crippen LogP contribution in [-0.4, -0.2) is 23.0 Å². The Bertz CT molecular complexity index is 651. The molecule has 1 heterocycles. The maximum absolute atomic E-state index is 13.3. The summed E-state index contributed by atoms with van der Waals surface area (Å²) >= 11 is 1.39. The largest absolute Gasteiger partial charge is 0.324 e. The van der Waals surface area contributed by atoms with E-state index in [4.69, 9.17) is 0 Å². The number of amides is 2. The summed E-state index contributed by atoms with van der Waals surface area (Å²) in [6.07, 6.45) is 6.74. The molecule has 3 rings (SSSR count). The third kappa shape index (κ3) is 3.22. The van der Waals surface area contributed by atoms with Gasteiger partial charge in [-0.25, -0.2) is 14.2 Å². The van der Waals surface area contributed by atoms with Gasteiger partial charge in [-0.1, -0.05) is 31.4 Å². The minimum Gasteiger partial charge on any atom is -0.318 e. The van der Waals surface area contributed by atoms with Crippen LogP contribution in [0.4, 0.5) is 14.3 Å². The molecule has 122 valence electrons. The zero-order valence-corrected chi connectivity index (χ0v) is 13.9. The van der Waals surface area contributed by atoms with Crippen LogP contribution in [0, 0.1) is 5.82 Å². The van der Waals surface area contributed by atoms with E-state index in [-0.39, 0.29) is 17.4 Å². The quantitative estimate of drug-likeness (QED) is 0.892. The molecule has 1 aromatic carbocycles. The Morgan fingerprint density at radius 1 is 1.26 bits per heavy atom. The second kappa shape index (κ2) is 6.66. The molecule has 1 fully saturated rings. The first-order chi connectivity index (χ1) is 11.1. The van der Waals surface area contributed by atoms with Crippen LogP contribution >= 0.6 is 11.3 Å². The van der Waals surface area contributed by atoms with Crippen molar-refractivity contribution in [3.63, 3.8) is 0 Å². The molecule has 0 bridgehead atoms. The van der Waals surface area contributed by atoms with Crippen molar-refractivity contribution in [3.8, 4) is 0 Å². The molecule has 0 unspecified atom stereocenters. The summed E-state index contributed by atoms with van der Waals surface area (Å²) in [5, 5.41) is 5.26. The van der Waals surface area contributed by atoms with Crippen molar-refractivity contribution in [1.29, 1.82) is 0 Å². The maximum atomic E-state index is 13.3. The van der Waals surface area contributed by atoms with Gasteiger partial charge in [-0.15, -0.1) is 11.3 Å². The Kier molecular flexibility index (Phi) is 4.61. The van der Waals surface area contributed by atoms with E-state index < -0.39 is 0 Å². The number of hydrogen-bond acceptors (Lipinski definition) is 3. The molecule has 1 aliphatic carbocycles. The Morgan fingerprint density at radius 2 is 1.96 bits per heavy atom. The van der Waals surface area contributed by atoms with Crippen LogP contribution in [0.5, 0.6) is 0 Å². The average molecular weight is 333 g/mol. The molecule has 1 aromatic heterocycles. The number of benzene rings is 1. The van der Waals surface area contributed by atoms with Crippen molar-refractivity contribution < 1.29 is 9.18 Å². The van der Waals surface area contributed by atoms with E-state index in [1.807, 2.05) is 12.4 Å². The molecule has 0 spiro atoms. The minimum atomic E-state index is -0.382. The lowest BCUT2D eigenvalue weighted by molar-refractivity contribution is 0.104. The second-order valence-corrected chi connectivity index (χ2v) is 6.82. The summed E-state index contributed by atoms with van der Waals surface area (Å²) in [5.41, 5.74) is 0.614. The SMILES string of the molecule is CN(C(=O)Nc1nccs1)C1(c2ccc(F)cc2)CCCCC1. The van der Waals surface area contributed by atoms with E-state index in [0.29, 0.717) is 5.13 Å². The molecule has 2 amide bonds. The van der Waals surface area contributed by atoms with Gasteiger partial charge in [0.05, 0.1) is 5.54 Å². The highest BCUT2D eigenvalue weighted by molar-refractivity contribution is 7.13. The third-order valence-electron chi connectivity index (χ3n) is 4.66. The number of hydrogen-bond donors (Lipinski definition) is 1. The molecular weight excluding hydrogens is 313 g/mol. The standard InChI is InChI=1S/C17H20FN3OS/c1-21(16(22)20-15-19-11-12-23-15)17(9-3-2-4-10-17)13-5-7-14(18)8-6-13/h5-8,11-12H,2-4,9-10H2,1H3,(H,19,20,22). The monoisotopic (exact) mass is 333 g/mol. The Balaban J connectivity index is 1.88. The van der Waals surface area contributed by atoms with Gasteiger partial charge < -0.3 is 4.90 Å². The van der Waals surface area contributed by atoms with Crippen LogP contribution in [0.1, 0.15) is 37.7 Å². The van der Waals surface area contributed by atoms with Crippen LogP contribution in [0.3, 0.4) is 0 Å². The van der Waals surface area contributed by atoms with Crippen LogP contribution in [0.15, 0.2) is 35.8 Å². The molecule has 1 saturated carbocycles. The number of carbonyl (C=O) groups excluding carboxylic acids is 1. The first-order valence-electron chi connectivity index (χ1n) is 7.82. The average Bonchev–Trinajstić information content (AvgIpc) is 3.08. The zero-order valence-electron chi connectivity index (χ0n) is 13.1. The van der Waals surface area contributed by atoms with Crippen molar-refractivity contribution in [2.24, 2.45) is 0 Å². The number of anilines is 1. The van der Waals surface area contributed by atoms with Crippen LogP contribution in [-0.2, 0) is 5.54 Å². The lowest BCUT2D eigenvalue weighted by atomic mass is 9.75. The van der Waals surface area contributed by atoms with E-state index in [1.54, 1.807) is 23.2 Å². The van der Waals surface area contributed by atoms with Gasteiger partial charge in [0.15, 0.2) is 5.13 Å². The molecule has 1 N–H and O–H groups in total. The summed E-state index contributed by atoms with van der Waals surface area (Å²) in [7, 11) is 1.82. The summed E-state index contributed by atoms with van der Waals surface area (Å²) < 4.78 is 13.3. The summed E-state index contributed by atoms with van der Waals surface area (Å²) in [5.74, 6) is -0.255. The number of halogens is 1. The normalized spacial score (nSPS) is 16.8. The number of aromatic nitrogens is 1. The Hall–Kier alpha value is -1.95. The van der Waals surface area contributed by atoms with Crippen molar-refractivity contribution in [1.82, 2.24) is 9.88 Å². The van der Waals surface area contributed by atoms with Crippen LogP contribution in [0.2, 0.25) is 0 Å². The maximum Gasteiger partial charge on any atom is 0.324 e. The van der Waals surface area contributed by atoms with E-state index in [1.165, 1.54) is 29.9 Å². The van der Waals surface area contributed by atoms with Gasteiger partial charge in [-0.05, 0) is 30.5 Å². The predicted molar refractivity (Wildman–Crippen MR) is 90.1 cm³/mol. The topological polar surface area (TPSA) is 45.2 Å². The molecule has 23 heavy (non-hydrogen) atoms. The van der Waals surface area contributed by atoms with Crippen LogP contribution in [0.25, 0.3) is 0 Å². The minimum absolute atomic E-state index is 0.175. The van der Waals surface area contributed by atoms with Crippen molar-refractivity contribution in [2.75, 3.05) is 12.4 Å². The number of carbonyl (C=O) groups is 1. The lowest BCUT2D eigenvalue weighted by Crippen LogP contribution is -2.50. The fourth-order valence-corrected chi connectivity index (χ4v) is 3.89. The zero-order chi connectivity index (χ0) is 16.3. The summed E-state index contributed by atoms with van der Waals surface area (Å²) in [4.78, 5) is 18.5. The smallest absolute Gasteiger partial charge is 0.318 e. The third-order valence-corrected chi connectivity index (χ3v) is 5.34. The van der Waals surface area contributed by atoms with Crippen molar-refractivity contribution in [2.45, 2.75) is 37.6 Å². The van der Waals surface area contributed by atoms with Gasteiger partial charge >= 0.3 is 6.03 Å². The van der Waals surface area contributed by atoms with Gasteiger partial charge in [-0.3, -0.25) is 5.32 Å². The Labute approximate surface area is 139 Å². The van der Waals surface area contributed by atoms with Crippen LogP contribution < -0.4 is 5.32 Å². The van der Waals surface area contributed by atoms with E-state index in [9.17, 15) is 9.18 Å². The lowest BCUT2D eigenvalue weighted by Gasteiger charge is -2.45. The second-order valence-electron chi connectivity index (χ2n) is 5.93. The molecule has 2 aromatic rings. The first-order valence-corrected chi connectivity index (χ1v) is 8.70.